The molecule has 1 N–H and O–H groups in total. The Labute approximate surface area is 170 Å². The van der Waals surface area contributed by atoms with Crippen LogP contribution in [0.2, 0.25) is 0 Å². The predicted molar refractivity (Wildman–Crippen MR) is 104 cm³/mol. The number of amides is 2. The summed E-state index contributed by atoms with van der Waals surface area (Å²) in [5.41, 5.74) is 0.228. The van der Waals surface area contributed by atoms with E-state index in [1.54, 1.807) is 4.90 Å². The predicted octanol–water partition coefficient (Wildman–Crippen LogP) is 1.24. The lowest BCUT2D eigenvalue weighted by atomic mass is 9.99. The summed E-state index contributed by atoms with van der Waals surface area (Å²) in [5, 5.41) is 2.46. The zero-order chi connectivity index (χ0) is 21.4. The molecule has 9 heteroatoms. The number of nitrogens with one attached hydrogen (secondary N) is 1. The molecule has 1 aliphatic rings. The third-order valence-electron chi connectivity index (χ3n) is 4.81. The van der Waals surface area contributed by atoms with Crippen molar-refractivity contribution in [2.24, 2.45) is 5.92 Å². The Hall–Kier alpha value is -2.97. The highest BCUT2D eigenvalue weighted by Gasteiger charge is 2.22. The van der Waals surface area contributed by atoms with E-state index in [1.807, 2.05) is 0 Å². The maximum Gasteiger partial charge on any atom is 0.325 e. The quantitative estimate of drug-likeness (QED) is 0.646. The van der Waals surface area contributed by atoms with Gasteiger partial charge < -0.3 is 29.2 Å². The van der Waals surface area contributed by atoms with Gasteiger partial charge in [-0.25, -0.2) is 0 Å². The Balaban J connectivity index is 1.85. The molecule has 1 saturated heterocycles. The van der Waals surface area contributed by atoms with E-state index in [-0.39, 0.29) is 24.6 Å². The van der Waals surface area contributed by atoms with Gasteiger partial charge in [0.2, 0.25) is 5.75 Å². The Morgan fingerprint density at radius 2 is 1.62 bits per heavy atom. The number of hydrogen-bond donors (Lipinski definition) is 1. The van der Waals surface area contributed by atoms with Gasteiger partial charge in [-0.3, -0.25) is 14.4 Å². The lowest BCUT2D eigenvalue weighted by Crippen LogP contribution is -2.41. The monoisotopic (exact) mass is 408 g/mol. The standard InChI is InChI=1S/C20H28N2O7/c1-13-5-7-22(8-6-13)17(23)12-29-18(24)11-21-20(25)14-9-15(26-2)19(28-4)16(10-14)27-3/h9-10,13H,5-8,11-12H2,1-4H3,(H,21,25). The van der Waals surface area contributed by atoms with Gasteiger partial charge in [-0.2, -0.15) is 0 Å². The van der Waals surface area contributed by atoms with Crippen molar-refractivity contribution in [1.29, 1.82) is 0 Å². The molecule has 1 fully saturated rings. The van der Waals surface area contributed by atoms with Crippen LogP contribution in [0.5, 0.6) is 17.2 Å². The van der Waals surface area contributed by atoms with Gasteiger partial charge in [0.25, 0.3) is 11.8 Å². The van der Waals surface area contributed by atoms with Gasteiger partial charge >= 0.3 is 5.97 Å². The number of ether oxygens (including phenoxy) is 4. The summed E-state index contributed by atoms with van der Waals surface area (Å²) in [6.45, 7) is 2.82. The molecular formula is C20H28N2O7. The number of nitrogens with zero attached hydrogens (tertiary/aromatic N) is 1. The summed E-state index contributed by atoms with van der Waals surface area (Å²) in [7, 11) is 4.34. The van der Waals surface area contributed by atoms with Crippen LogP contribution in [0.15, 0.2) is 12.1 Å². The molecule has 2 rings (SSSR count). The molecular weight excluding hydrogens is 380 g/mol. The van der Waals surface area contributed by atoms with E-state index in [2.05, 4.69) is 12.2 Å². The number of rotatable bonds is 8. The Morgan fingerprint density at radius 1 is 1.03 bits per heavy atom. The second-order valence-electron chi connectivity index (χ2n) is 6.82. The van der Waals surface area contributed by atoms with E-state index in [1.165, 1.54) is 33.5 Å². The third kappa shape index (κ3) is 6.00. The molecule has 0 atom stereocenters. The Kier molecular flexibility index (Phi) is 8.11. The van der Waals surface area contributed by atoms with Crippen LogP contribution >= 0.6 is 0 Å². The maximum absolute atomic E-state index is 12.4. The molecule has 1 aromatic rings. The molecule has 0 unspecified atom stereocenters. The summed E-state index contributed by atoms with van der Waals surface area (Å²) in [4.78, 5) is 38.0. The number of hydrogen-bond acceptors (Lipinski definition) is 7. The first-order chi connectivity index (χ1) is 13.9. The molecule has 1 heterocycles. The van der Waals surface area contributed by atoms with Crippen molar-refractivity contribution in [3.8, 4) is 17.2 Å². The first kappa shape index (κ1) is 22.3. The van der Waals surface area contributed by atoms with Crippen molar-refractivity contribution < 1.29 is 33.3 Å². The zero-order valence-electron chi connectivity index (χ0n) is 17.3. The van der Waals surface area contributed by atoms with Crippen molar-refractivity contribution >= 4 is 17.8 Å². The average Bonchev–Trinajstić information content (AvgIpc) is 2.74. The van der Waals surface area contributed by atoms with E-state index in [9.17, 15) is 14.4 Å². The van der Waals surface area contributed by atoms with Crippen LogP contribution in [-0.2, 0) is 14.3 Å². The van der Waals surface area contributed by atoms with E-state index in [4.69, 9.17) is 18.9 Å². The van der Waals surface area contributed by atoms with E-state index in [0.29, 0.717) is 36.3 Å². The second-order valence-corrected chi connectivity index (χ2v) is 6.82. The molecule has 0 aromatic heterocycles. The molecule has 29 heavy (non-hydrogen) atoms. The number of likely N-dealkylation sites (tertiary alicyclic amines) is 1. The van der Waals surface area contributed by atoms with Crippen molar-refractivity contribution in [1.82, 2.24) is 10.2 Å². The first-order valence-corrected chi connectivity index (χ1v) is 9.41. The average molecular weight is 408 g/mol. The van der Waals surface area contributed by atoms with Crippen molar-refractivity contribution in [3.63, 3.8) is 0 Å². The molecule has 1 aromatic carbocycles. The summed E-state index contributed by atoms with van der Waals surface area (Å²) >= 11 is 0. The SMILES string of the molecule is COc1cc(C(=O)NCC(=O)OCC(=O)N2CCC(C)CC2)cc(OC)c1OC. The minimum Gasteiger partial charge on any atom is -0.493 e. The van der Waals surface area contributed by atoms with Crippen LogP contribution < -0.4 is 19.5 Å². The van der Waals surface area contributed by atoms with Crippen LogP contribution in [0.1, 0.15) is 30.1 Å². The smallest absolute Gasteiger partial charge is 0.325 e. The van der Waals surface area contributed by atoms with Crippen molar-refractivity contribution in [2.45, 2.75) is 19.8 Å². The highest BCUT2D eigenvalue weighted by molar-refractivity contribution is 5.97. The summed E-state index contributed by atoms with van der Waals surface area (Å²) < 4.78 is 20.6. The van der Waals surface area contributed by atoms with Gasteiger partial charge in [0.15, 0.2) is 18.1 Å². The normalized spacial score (nSPS) is 14.1. The Bertz CT molecular complexity index is 717. The molecule has 1 aliphatic heterocycles. The van der Waals surface area contributed by atoms with Gasteiger partial charge in [0.05, 0.1) is 21.3 Å². The number of benzene rings is 1. The molecule has 0 spiro atoms. The summed E-state index contributed by atoms with van der Waals surface area (Å²) in [5.74, 6) is 0.175. The van der Waals surface area contributed by atoms with Gasteiger partial charge in [-0.05, 0) is 30.9 Å². The number of carbonyl (C=O) groups excluding carboxylic acids is 3. The van der Waals surface area contributed by atoms with Crippen LogP contribution in [0, 0.1) is 5.92 Å². The molecule has 0 bridgehead atoms. The maximum atomic E-state index is 12.4. The van der Waals surface area contributed by atoms with Crippen molar-refractivity contribution in [3.05, 3.63) is 17.7 Å². The Morgan fingerprint density at radius 3 is 2.14 bits per heavy atom. The van der Waals surface area contributed by atoms with Crippen LogP contribution in [-0.4, -0.2) is 70.3 Å². The number of methoxy groups -OCH3 is 3. The summed E-state index contributed by atoms with van der Waals surface area (Å²) in [6.07, 6.45) is 1.90. The van der Waals surface area contributed by atoms with Crippen molar-refractivity contribution in [2.75, 3.05) is 47.6 Å². The van der Waals surface area contributed by atoms with Gasteiger partial charge in [0.1, 0.15) is 6.54 Å². The van der Waals surface area contributed by atoms with Crippen LogP contribution in [0.4, 0.5) is 0 Å². The van der Waals surface area contributed by atoms with Gasteiger partial charge in [-0.1, -0.05) is 6.92 Å². The molecule has 160 valence electrons. The third-order valence-corrected chi connectivity index (χ3v) is 4.81. The zero-order valence-corrected chi connectivity index (χ0v) is 17.3. The van der Waals surface area contributed by atoms with Crippen LogP contribution in [0.3, 0.4) is 0 Å². The molecule has 0 radical (unpaired) electrons. The minimum absolute atomic E-state index is 0.221. The highest BCUT2D eigenvalue weighted by atomic mass is 16.5. The topological polar surface area (TPSA) is 103 Å². The molecule has 0 aliphatic carbocycles. The fourth-order valence-electron chi connectivity index (χ4n) is 3.01. The highest BCUT2D eigenvalue weighted by Crippen LogP contribution is 2.38. The second kappa shape index (κ2) is 10.5. The molecule has 2 amide bonds. The van der Waals surface area contributed by atoms with Gasteiger partial charge in [0, 0.05) is 18.7 Å². The number of piperidine rings is 1. The molecule has 0 saturated carbocycles. The lowest BCUT2D eigenvalue weighted by Gasteiger charge is -2.30. The fraction of sp³-hybridized carbons (Fsp3) is 0.550. The first-order valence-electron chi connectivity index (χ1n) is 9.41. The summed E-state index contributed by atoms with van der Waals surface area (Å²) in [6, 6.07) is 2.95. The van der Waals surface area contributed by atoms with E-state index < -0.39 is 11.9 Å². The molecule has 9 nitrogen and oxygen atoms in total. The largest absolute Gasteiger partial charge is 0.493 e. The number of esters is 1. The van der Waals surface area contributed by atoms with E-state index in [0.717, 1.165) is 12.8 Å². The van der Waals surface area contributed by atoms with Crippen LogP contribution in [0.25, 0.3) is 0 Å². The van der Waals surface area contributed by atoms with Gasteiger partial charge in [-0.15, -0.1) is 0 Å². The lowest BCUT2D eigenvalue weighted by molar-refractivity contribution is -0.151. The number of carbonyl (C=O) groups is 3. The van der Waals surface area contributed by atoms with E-state index >= 15 is 0 Å². The fourth-order valence-corrected chi connectivity index (χ4v) is 3.01. The minimum atomic E-state index is -0.690.